The summed E-state index contributed by atoms with van der Waals surface area (Å²) in [6.07, 6.45) is 0.914. The molecule has 0 bridgehead atoms. The van der Waals surface area contributed by atoms with Gasteiger partial charge in [-0.25, -0.2) is 0 Å². The quantitative estimate of drug-likeness (QED) is 0.587. The van der Waals surface area contributed by atoms with Gasteiger partial charge in [0.05, 0.1) is 22.3 Å². The molecular weight excluding hydrogens is 382 g/mol. The molecule has 2 N–H and O–H groups in total. The highest BCUT2D eigenvalue weighted by atomic mass is 35.5. The van der Waals surface area contributed by atoms with Gasteiger partial charge in [0.15, 0.2) is 0 Å². The minimum absolute atomic E-state index is 0.0962. The van der Waals surface area contributed by atoms with Crippen LogP contribution in [-0.2, 0) is 0 Å². The molecule has 1 atom stereocenters. The van der Waals surface area contributed by atoms with Crippen LogP contribution in [0.15, 0.2) is 42.5 Å². The number of nitrogens with zero attached hydrogens (tertiary/aromatic N) is 2. The summed E-state index contributed by atoms with van der Waals surface area (Å²) in [7, 11) is 1.50. The Hall–Kier alpha value is -2.64. The van der Waals surface area contributed by atoms with E-state index in [2.05, 4.69) is 5.32 Å². The summed E-state index contributed by atoms with van der Waals surface area (Å²) >= 11 is 5.91. The smallest absolute Gasteiger partial charge is 0.270 e. The van der Waals surface area contributed by atoms with Gasteiger partial charge in [-0.05, 0) is 42.5 Å². The van der Waals surface area contributed by atoms with Crippen molar-refractivity contribution in [2.75, 3.05) is 25.0 Å². The van der Waals surface area contributed by atoms with E-state index in [1.54, 1.807) is 18.2 Å². The minimum Gasteiger partial charge on any atom is -0.388 e. The summed E-state index contributed by atoms with van der Waals surface area (Å²) in [6.45, 7) is 1.30. The van der Waals surface area contributed by atoms with E-state index in [0.717, 1.165) is 18.4 Å². The maximum Gasteiger partial charge on any atom is 0.270 e. The predicted molar refractivity (Wildman–Crippen MR) is 108 cm³/mol. The highest BCUT2D eigenvalue weighted by molar-refractivity contribution is 6.30. The summed E-state index contributed by atoms with van der Waals surface area (Å²) < 4.78 is 0. The second-order valence-electron chi connectivity index (χ2n) is 6.86. The second-order valence-corrected chi connectivity index (χ2v) is 7.29. The number of halogens is 1. The minimum atomic E-state index is -0.574. The molecule has 1 saturated heterocycles. The Labute approximate surface area is 168 Å². The molecule has 0 aliphatic carbocycles. The lowest BCUT2D eigenvalue weighted by Gasteiger charge is -2.36. The number of anilines is 1. The van der Waals surface area contributed by atoms with Crippen LogP contribution < -0.4 is 10.2 Å². The number of nitrogens with one attached hydrogen (secondary N) is 1. The van der Waals surface area contributed by atoms with Crippen molar-refractivity contribution in [3.63, 3.8) is 0 Å². The predicted octanol–water partition coefficient (Wildman–Crippen LogP) is 3.56. The molecule has 0 aromatic heterocycles. The number of aliphatic hydroxyl groups is 1. The number of piperidine rings is 1. The van der Waals surface area contributed by atoms with Crippen LogP contribution in [-0.4, -0.2) is 36.1 Å². The first-order valence-corrected chi connectivity index (χ1v) is 9.47. The van der Waals surface area contributed by atoms with Crippen LogP contribution in [0.3, 0.4) is 0 Å². The summed E-state index contributed by atoms with van der Waals surface area (Å²) in [5.41, 5.74) is 1.68. The average Bonchev–Trinajstić information content (AvgIpc) is 2.73. The maximum atomic E-state index is 12.2. The van der Waals surface area contributed by atoms with E-state index in [9.17, 15) is 20.0 Å². The monoisotopic (exact) mass is 403 g/mol. The number of hydrogen-bond donors (Lipinski definition) is 2. The van der Waals surface area contributed by atoms with Crippen LogP contribution >= 0.6 is 11.6 Å². The van der Waals surface area contributed by atoms with Crippen molar-refractivity contribution < 1.29 is 14.8 Å². The van der Waals surface area contributed by atoms with E-state index in [1.807, 2.05) is 17.0 Å². The number of benzene rings is 2. The number of non-ortho nitro benzene ring substituents is 1. The van der Waals surface area contributed by atoms with E-state index in [4.69, 9.17) is 11.6 Å². The van der Waals surface area contributed by atoms with Gasteiger partial charge in [0.2, 0.25) is 0 Å². The maximum absolute atomic E-state index is 12.2. The lowest BCUT2D eigenvalue weighted by molar-refractivity contribution is -0.384. The molecule has 2 aromatic carbocycles. The number of rotatable bonds is 5. The van der Waals surface area contributed by atoms with E-state index >= 15 is 0 Å². The first-order chi connectivity index (χ1) is 13.4. The van der Waals surface area contributed by atoms with Gasteiger partial charge < -0.3 is 15.3 Å². The van der Waals surface area contributed by atoms with Gasteiger partial charge in [-0.2, -0.15) is 0 Å². The SMILES string of the molecule is CNC(=O)c1cc([N+](=O)[O-])ccc1N1CCC(C(O)c2ccc(Cl)cc2)CC1. The van der Waals surface area contributed by atoms with Crippen LogP contribution in [0.25, 0.3) is 0 Å². The van der Waals surface area contributed by atoms with Crippen molar-refractivity contribution in [1.29, 1.82) is 0 Å². The Morgan fingerprint density at radius 2 is 1.89 bits per heavy atom. The van der Waals surface area contributed by atoms with E-state index in [1.165, 1.54) is 19.2 Å². The normalized spacial score (nSPS) is 15.9. The first kappa shape index (κ1) is 20.1. The molecule has 0 radical (unpaired) electrons. The summed E-state index contributed by atoms with van der Waals surface area (Å²) in [4.78, 5) is 24.8. The fourth-order valence-corrected chi connectivity index (χ4v) is 3.74. The van der Waals surface area contributed by atoms with Crippen LogP contribution in [0.1, 0.15) is 34.9 Å². The highest BCUT2D eigenvalue weighted by Crippen LogP contribution is 2.34. The molecule has 7 nitrogen and oxygen atoms in total. The Bertz CT molecular complexity index is 864. The van der Waals surface area contributed by atoms with Crippen molar-refractivity contribution in [3.05, 3.63) is 68.7 Å². The molecular formula is C20H22ClN3O4. The largest absolute Gasteiger partial charge is 0.388 e. The van der Waals surface area contributed by atoms with Gasteiger partial charge in [-0.1, -0.05) is 23.7 Å². The number of nitro groups is 1. The topological polar surface area (TPSA) is 95.7 Å². The van der Waals surface area contributed by atoms with Crippen molar-refractivity contribution in [1.82, 2.24) is 5.32 Å². The van der Waals surface area contributed by atoms with Gasteiger partial charge in [0.25, 0.3) is 11.6 Å². The molecule has 1 heterocycles. The molecule has 0 spiro atoms. The molecule has 28 heavy (non-hydrogen) atoms. The van der Waals surface area contributed by atoms with Crippen molar-refractivity contribution in [2.24, 2.45) is 5.92 Å². The lowest BCUT2D eigenvalue weighted by atomic mass is 9.87. The van der Waals surface area contributed by atoms with E-state index in [0.29, 0.717) is 23.8 Å². The van der Waals surface area contributed by atoms with Crippen molar-refractivity contribution >= 4 is 28.9 Å². The molecule has 8 heteroatoms. The Morgan fingerprint density at radius 1 is 1.25 bits per heavy atom. The van der Waals surface area contributed by atoms with Gasteiger partial charge in [-0.15, -0.1) is 0 Å². The third kappa shape index (κ3) is 4.26. The summed E-state index contributed by atoms with van der Waals surface area (Å²) in [5.74, 6) is -0.263. The average molecular weight is 404 g/mol. The molecule has 1 amide bonds. The standard InChI is InChI=1S/C20H22ClN3O4/c1-22-20(26)17-12-16(24(27)28)6-7-18(17)23-10-8-14(9-11-23)19(25)13-2-4-15(21)5-3-13/h2-7,12,14,19,25H,8-11H2,1H3,(H,22,26). The number of nitro benzene ring substituents is 1. The van der Waals surface area contributed by atoms with E-state index in [-0.39, 0.29) is 23.1 Å². The molecule has 1 fully saturated rings. The molecule has 1 unspecified atom stereocenters. The zero-order chi connectivity index (χ0) is 20.3. The Kier molecular flexibility index (Phi) is 6.16. The zero-order valence-corrected chi connectivity index (χ0v) is 16.2. The molecule has 1 aliphatic rings. The van der Waals surface area contributed by atoms with Crippen LogP contribution in [0.4, 0.5) is 11.4 Å². The first-order valence-electron chi connectivity index (χ1n) is 9.09. The van der Waals surface area contributed by atoms with Crippen molar-refractivity contribution in [2.45, 2.75) is 18.9 Å². The number of hydrogen-bond acceptors (Lipinski definition) is 5. The highest BCUT2D eigenvalue weighted by Gasteiger charge is 2.28. The third-order valence-electron chi connectivity index (χ3n) is 5.20. The number of aliphatic hydroxyl groups excluding tert-OH is 1. The molecule has 148 valence electrons. The molecule has 0 saturated carbocycles. The van der Waals surface area contributed by atoms with Gasteiger partial charge >= 0.3 is 0 Å². The lowest BCUT2D eigenvalue weighted by Crippen LogP contribution is -2.37. The number of amides is 1. The summed E-state index contributed by atoms with van der Waals surface area (Å²) in [5, 5.41) is 24.9. The van der Waals surface area contributed by atoms with Gasteiger partial charge in [0.1, 0.15) is 0 Å². The fraction of sp³-hybridized carbons (Fsp3) is 0.350. The van der Waals surface area contributed by atoms with E-state index < -0.39 is 11.0 Å². The summed E-state index contributed by atoms with van der Waals surface area (Å²) in [6, 6.07) is 11.5. The second kappa shape index (κ2) is 8.58. The van der Waals surface area contributed by atoms with Crippen LogP contribution in [0, 0.1) is 16.0 Å². The van der Waals surface area contributed by atoms with Crippen LogP contribution in [0.5, 0.6) is 0 Å². The molecule has 3 rings (SSSR count). The molecule has 1 aliphatic heterocycles. The Morgan fingerprint density at radius 3 is 2.46 bits per heavy atom. The zero-order valence-electron chi connectivity index (χ0n) is 15.5. The number of carbonyl (C=O) groups is 1. The van der Waals surface area contributed by atoms with Crippen molar-refractivity contribution in [3.8, 4) is 0 Å². The third-order valence-corrected chi connectivity index (χ3v) is 5.45. The number of carbonyl (C=O) groups excluding carboxylic acids is 1. The Balaban J connectivity index is 1.74. The van der Waals surface area contributed by atoms with Crippen LogP contribution in [0.2, 0.25) is 5.02 Å². The van der Waals surface area contributed by atoms with Gasteiger partial charge in [-0.3, -0.25) is 14.9 Å². The fourth-order valence-electron chi connectivity index (χ4n) is 3.62. The molecule has 2 aromatic rings. The van der Waals surface area contributed by atoms with Gasteiger partial charge in [0, 0.05) is 37.3 Å².